The third-order valence-corrected chi connectivity index (χ3v) is 5.15. The second-order valence-corrected chi connectivity index (χ2v) is 8.05. The Balaban J connectivity index is 2.17. The number of benzene rings is 2. The van der Waals surface area contributed by atoms with Gasteiger partial charge in [0.2, 0.25) is 10.0 Å². The number of para-hydroxylation sites is 1. The molecule has 144 valence electrons. The number of hydrogen-bond acceptors (Lipinski definition) is 4. The van der Waals surface area contributed by atoms with Crippen molar-refractivity contribution in [3.05, 3.63) is 59.7 Å². The predicted molar refractivity (Wildman–Crippen MR) is 107 cm³/mol. The molecular formula is C19H23N3O4S. The minimum Gasteiger partial charge on any atom is -0.352 e. The van der Waals surface area contributed by atoms with Gasteiger partial charge in [-0.3, -0.25) is 13.9 Å². The molecule has 0 aliphatic rings. The van der Waals surface area contributed by atoms with Crippen LogP contribution in [0.5, 0.6) is 0 Å². The van der Waals surface area contributed by atoms with Gasteiger partial charge in [-0.2, -0.15) is 0 Å². The summed E-state index contributed by atoms with van der Waals surface area (Å²) in [6.45, 7) is 2.51. The van der Waals surface area contributed by atoms with Crippen LogP contribution in [0.4, 0.5) is 11.4 Å². The molecule has 7 nitrogen and oxygen atoms in total. The zero-order valence-electron chi connectivity index (χ0n) is 15.5. The summed E-state index contributed by atoms with van der Waals surface area (Å²) >= 11 is 0. The van der Waals surface area contributed by atoms with Crippen molar-refractivity contribution in [2.24, 2.45) is 0 Å². The first-order chi connectivity index (χ1) is 12.7. The average Bonchev–Trinajstić information content (AvgIpc) is 2.65. The molecule has 0 unspecified atom stereocenters. The van der Waals surface area contributed by atoms with Crippen molar-refractivity contribution in [1.82, 2.24) is 5.32 Å². The highest BCUT2D eigenvalue weighted by Crippen LogP contribution is 2.19. The molecule has 0 heterocycles. The van der Waals surface area contributed by atoms with Crippen LogP contribution in [0.15, 0.2) is 48.5 Å². The summed E-state index contributed by atoms with van der Waals surface area (Å²) in [5.74, 6) is -0.642. The van der Waals surface area contributed by atoms with Gasteiger partial charge in [0.05, 0.1) is 23.2 Å². The molecule has 0 aliphatic heterocycles. The molecule has 2 amide bonds. The molecule has 27 heavy (non-hydrogen) atoms. The molecule has 0 aromatic heterocycles. The average molecular weight is 389 g/mol. The van der Waals surface area contributed by atoms with Crippen LogP contribution in [-0.4, -0.2) is 40.1 Å². The van der Waals surface area contributed by atoms with Crippen LogP contribution < -0.4 is 14.9 Å². The van der Waals surface area contributed by atoms with Crippen LogP contribution >= 0.6 is 0 Å². The number of carbonyl (C=O) groups is 2. The first-order valence-corrected chi connectivity index (χ1v) is 10.3. The van der Waals surface area contributed by atoms with Gasteiger partial charge in [0.25, 0.3) is 11.8 Å². The van der Waals surface area contributed by atoms with Crippen molar-refractivity contribution in [3.63, 3.8) is 0 Å². The summed E-state index contributed by atoms with van der Waals surface area (Å²) in [4.78, 5) is 24.7. The lowest BCUT2D eigenvalue weighted by atomic mass is 10.1. The van der Waals surface area contributed by atoms with Gasteiger partial charge in [-0.1, -0.05) is 19.1 Å². The van der Waals surface area contributed by atoms with Gasteiger partial charge in [-0.25, -0.2) is 8.42 Å². The van der Waals surface area contributed by atoms with Gasteiger partial charge in [0, 0.05) is 19.2 Å². The van der Waals surface area contributed by atoms with Gasteiger partial charge in [-0.15, -0.1) is 0 Å². The van der Waals surface area contributed by atoms with E-state index in [9.17, 15) is 18.0 Å². The van der Waals surface area contributed by atoms with Crippen LogP contribution in [0, 0.1) is 0 Å². The lowest BCUT2D eigenvalue weighted by Gasteiger charge is -2.17. The minimum absolute atomic E-state index is 0.252. The topological polar surface area (TPSA) is 95.6 Å². The quantitative estimate of drug-likeness (QED) is 0.760. The first-order valence-electron chi connectivity index (χ1n) is 8.46. The van der Waals surface area contributed by atoms with Crippen molar-refractivity contribution in [2.75, 3.05) is 29.5 Å². The number of sulfonamides is 1. The number of nitrogens with one attached hydrogen (secondary N) is 2. The Morgan fingerprint density at radius 2 is 1.63 bits per heavy atom. The number of anilines is 2. The Morgan fingerprint density at radius 3 is 2.22 bits per heavy atom. The van der Waals surface area contributed by atoms with E-state index >= 15 is 0 Å². The molecular weight excluding hydrogens is 366 g/mol. The molecule has 2 N–H and O–H groups in total. The van der Waals surface area contributed by atoms with E-state index in [-0.39, 0.29) is 11.8 Å². The smallest absolute Gasteiger partial charge is 0.255 e. The summed E-state index contributed by atoms with van der Waals surface area (Å²) < 4.78 is 24.3. The second-order valence-electron chi connectivity index (χ2n) is 6.03. The van der Waals surface area contributed by atoms with Crippen molar-refractivity contribution in [1.29, 1.82) is 0 Å². The van der Waals surface area contributed by atoms with E-state index in [0.717, 1.165) is 17.0 Å². The highest BCUT2D eigenvalue weighted by molar-refractivity contribution is 7.92. The van der Waals surface area contributed by atoms with E-state index in [1.807, 2.05) is 6.92 Å². The predicted octanol–water partition coefficient (Wildman–Crippen LogP) is 2.47. The molecule has 0 fully saturated rings. The van der Waals surface area contributed by atoms with Crippen molar-refractivity contribution < 1.29 is 18.0 Å². The lowest BCUT2D eigenvalue weighted by Crippen LogP contribution is -2.26. The summed E-state index contributed by atoms with van der Waals surface area (Å²) in [5.41, 5.74) is 1.60. The van der Waals surface area contributed by atoms with Crippen molar-refractivity contribution in [3.8, 4) is 0 Å². The van der Waals surface area contributed by atoms with Crippen molar-refractivity contribution >= 4 is 33.2 Å². The van der Waals surface area contributed by atoms with E-state index < -0.39 is 10.0 Å². The van der Waals surface area contributed by atoms with Gasteiger partial charge >= 0.3 is 0 Å². The zero-order valence-corrected chi connectivity index (χ0v) is 16.3. The highest BCUT2D eigenvalue weighted by Gasteiger charge is 2.15. The molecule has 2 aromatic carbocycles. The number of hydrogen-bond donors (Lipinski definition) is 2. The van der Waals surface area contributed by atoms with Gasteiger partial charge in [0.15, 0.2) is 0 Å². The van der Waals surface area contributed by atoms with E-state index in [2.05, 4.69) is 10.6 Å². The Labute approximate surface area is 159 Å². The fourth-order valence-electron chi connectivity index (χ4n) is 2.33. The first kappa shape index (κ1) is 20.4. The number of carbonyl (C=O) groups excluding carboxylic acids is 2. The standard InChI is InChI=1S/C19H23N3O4S/c1-4-13-20-19(24)16-7-5-6-8-17(16)21-18(23)14-9-11-15(12-10-14)22(2)27(3,25)26/h5-12H,4,13H2,1-3H3,(H,20,24)(H,21,23). The summed E-state index contributed by atoms with van der Waals surface area (Å²) in [6, 6.07) is 12.9. The number of nitrogens with zero attached hydrogens (tertiary/aromatic N) is 1. The minimum atomic E-state index is -3.37. The van der Waals surface area contributed by atoms with Crippen LogP contribution in [0.2, 0.25) is 0 Å². The molecule has 0 aliphatic carbocycles. The molecule has 0 saturated carbocycles. The maximum Gasteiger partial charge on any atom is 0.255 e. The molecule has 2 rings (SSSR count). The molecule has 0 bridgehead atoms. The summed E-state index contributed by atoms with van der Waals surface area (Å²) in [7, 11) is -1.93. The Bertz CT molecular complexity index is 924. The molecule has 0 saturated heterocycles. The largest absolute Gasteiger partial charge is 0.352 e. The number of amides is 2. The molecule has 0 atom stereocenters. The van der Waals surface area contributed by atoms with Crippen LogP contribution in [-0.2, 0) is 10.0 Å². The fourth-order valence-corrected chi connectivity index (χ4v) is 2.84. The molecule has 0 radical (unpaired) electrons. The third kappa shape index (κ3) is 5.30. The van der Waals surface area contributed by atoms with E-state index in [1.165, 1.54) is 19.2 Å². The van der Waals surface area contributed by atoms with Crippen LogP contribution in [0.3, 0.4) is 0 Å². The Kier molecular flexibility index (Phi) is 6.57. The maximum atomic E-state index is 12.5. The maximum absolute atomic E-state index is 12.5. The van der Waals surface area contributed by atoms with Gasteiger partial charge in [-0.05, 0) is 42.8 Å². The SMILES string of the molecule is CCCNC(=O)c1ccccc1NC(=O)c1ccc(N(C)S(C)(=O)=O)cc1. The molecule has 8 heteroatoms. The monoisotopic (exact) mass is 389 g/mol. The van der Waals surface area contributed by atoms with Gasteiger partial charge in [0.1, 0.15) is 0 Å². The van der Waals surface area contributed by atoms with Gasteiger partial charge < -0.3 is 10.6 Å². The normalized spacial score (nSPS) is 10.9. The Hall–Kier alpha value is -2.87. The van der Waals surface area contributed by atoms with E-state index in [1.54, 1.807) is 36.4 Å². The molecule has 0 spiro atoms. The van der Waals surface area contributed by atoms with Crippen LogP contribution in [0.1, 0.15) is 34.1 Å². The summed E-state index contributed by atoms with van der Waals surface area (Å²) in [6.07, 6.45) is 1.92. The fraction of sp³-hybridized carbons (Fsp3) is 0.263. The molecule has 2 aromatic rings. The lowest BCUT2D eigenvalue weighted by molar-refractivity contribution is 0.0954. The second kappa shape index (κ2) is 8.68. The zero-order chi connectivity index (χ0) is 20.0. The third-order valence-electron chi connectivity index (χ3n) is 3.95. The summed E-state index contributed by atoms with van der Waals surface area (Å²) in [5, 5.41) is 5.51. The van der Waals surface area contributed by atoms with E-state index in [4.69, 9.17) is 0 Å². The van der Waals surface area contributed by atoms with Crippen molar-refractivity contribution in [2.45, 2.75) is 13.3 Å². The van der Waals surface area contributed by atoms with Crippen LogP contribution in [0.25, 0.3) is 0 Å². The number of rotatable bonds is 7. The van der Waals surface area contributed by atoms with E-state index in [0.29, 0.717) is 29.0 Å². The highest BCUT2D eigenvalue weighted by atomic mass is 32.2. The Morgan fingerprint density at radius 1 is 1.00 bits per heavy atom.